The molecule has 0 spiro atoms. The van der Waals surface area contributed by atoms with Gasteiger partial charge in [0.2, 0.25) is 5.91 Å². The van der Waals surface area contributed by atoms with Gasteiger partial charge in [0, 0.05) is 18.8 Å². The number of aromatic nitrogens is 4. The molecule has 0 saturated carbocycles. The summed E-state index contributed by atoms with van der Waals surface area (Å²) in [7, 11) is 0. The molecule has 1 amide bonds. The summed E-state index contributed by atoms with van der Waals surface area (Å²) in [5, 5.41) is 10.5. The molecule has 2 aromatic rings. The van der Waals surface area contributed by atoms with Gasteiger partial charge in [-0.05, 0) is 31.0 Å². The van der Waals surface area contributed by atoms with Crippen molar-refractivity contribution >= 4 is 17.7 Å². The van der Waals surface area contributed by atoms with Gasteiger partial charge in [0.15, 0.2) is 12.4 Å². The van der Waals surface area contributed by atoms with Crippen LogP contribution in [0.4, 0.5) is 5.82 Å². The van der Waals surface area contributed by atoms with Crippen molar-refractivity contribution in [1.82, 2.24) is 20.0 Å². The van der Waals surface area contributed by atoms with Gasteiger partial charge in [-0.3, -0.25) is 9.78 Å². The number of carbonyl (C=O) groups is 2. The number of rotatable bonds is 7. The predicted molar refractivity (Wildman–Crippen MR) is 77.8 cm³/mol. The van der Waals surface area contributed by atoms with E-state index >= 15 is 0 Å². The second-order valence-electron chi connectivity index (χ2n) is 4.47. The van der Waals surface area contributed by atoms with E-state index in [-0.39, 0.29) is 12.5 Å². The molecule has 0 aliphatic carbocycles. The number of anilines is 1. The third kappa shape index (κ3) is 4.97. The lowest BCUT2D eigenvalue weighted by atomic mass is 10.1. The smallest absolute Gasteiger partial charge is 0.329 e. The highest BCUT2D eigenvalue weighted by Crippen LogP contribution is 2.04. The molecule has 22 heavy (non-hydrogen) atoms. The highest BCUT2D eigenvalue weighted by molar-refractivity contribution is 5.89. The van der Waals surface area contributed by atoms with E-state index in [0.717, 1.165) is 5.56 Å². The molecule has 0 unspecified atom stereocenters. The maximum absolute atomic E-state index is 11.8. The van der Waals surface area contributed by atoms with Crippen LogP contribution in [0.3, 0.4) is 0 Å². The molecule has 116 valence electrons. The molecule has 0 fully saturated rings. The highest BCUT2D eigenvalue weighted by atomic mass is 16.5. The van der Waals surface area contributed by atoms with Crippen molar-refractivity contribution < 1.29 is 14.3 Å². The Morgan fingerprint density at radius 3 is 2.82 bits per heavy atom. The number of ether oxygens (including phenoxy) is 1. The SMILES string of the molecule is CCOC(=O)Cn1ncc(NC(=O)CCc2ccncc2)n1. The third-order valence-corrected chi connectivity index (χ3v) is 2.77. The molecular formula is C14H17N5O3. The first-order chi connectivity index (χ1) is 10.7. The fourth-order valence-electron chi connectivity index (χ4n) is 1.77. The van der Waals surface area contributed by atoms with E-state index in [4.69, 9.17) is 4.74 Å². The van der Waals surface area contributed by atoms with E-state index in [0.29, 0.717) is 25.3 Å². The Morgan fingerprint density at radius 2 is 2.09 bits per heavy atom. The Hall–Kier alpha value is -2.77. The van der Waals surface area contributed by atoms with E-state index in [1.165, 1.54) is 11.0 Å². The lowest BCUT2D eigenvalue weighted by Crippen LogP contribution is -2.16. The fraction of sp³-hybridized carbons (Fsp3) is 0.357. The average molecular weight is 303 g/mol. The first kappa shape index (κ1) is 15.6. The van der Waals surface area contributed by atoms with Crippen LogP contribution in [0.2, 0.25) is 0 Å². The van der Waals surface area contributed by atoms with Gasteiger partial charge in [0.05, 0.1) is 12.8 Å². The molecule has 0 bridgehead atoms. The van der Waals surface area contributed by atoms with E-state index in [1.807, 2.05) is 12.1 Å². The topological polar surface area (TPSA) is 99.0 Å². The molecule has 0 saturated heterocycles. The summed E-state index contributed by atoms with van der Waals surface area (Å²) in [6.45, 7) is 1.95. The molecule has 8 nitrogen and oxygen atoms in total. The zero-order valence-electron chi connectivity index (χ0n) is 12.2. The van der Waals surface area contributed by atoms with Gasteiger partial charge in [-0.15, -0.1) is 5.10 Å². The zero-order chi connectivity index (χ0) is 15.8. The minimum absolute atomic E-state index is 0.0826. The maximum Gasteiger partial charge on any atom is 0.329 e. The van der Waals surface area contributed by atoms with E-state index in [2.05, 4.69) is 20.5 Å². The van der Waals surface area contributed by atoms with Crippen molar-refractivity contribution in [3.63, 3.8) is 0 Å². The van der Waals surface area contributed by atoms with Crippen molar-refractivity contribution in [2.24, 2.45) is 0 Å². The molecule has 0 atom stereocenters. The number of amides is 1. The van der Waals surface area contributed by atoms with Crippen molar-refractivity contribution in [1.29, 1.82) is 0 Å². The molecule has 1 N–H and O–H groups in total. The maximum atomic E-state index is 11.8. The second kappa shape index (κ2) is 7.87. The minimum atomic E-state index is -0.423. The second-order valence-corrected chi connectivity index (χ2v) is 4.47. The first-order valence-corrected chi connectivity index (χ1v) is 6.92. The highest BCUT2D eigenvalue weighted by Gasteiger charge is 2.09. The monoisotopic (exact) mass is 303 g/mol. The lowest BCUT2D eigenvalue weighted by Gasteiger charge is -2.02. The Balaban J connectivity index is 1.79. The van der Waals surface area contributed by atoms with Crippen LogP contribution in [0, 0.1) is 0 Å². The quantitative estimate of drug-likeness (QED) is 0.760. The van der Waals surface area contributed by atoms with Crippen LogP contribution in [-0.2, 0) is 27.3 Å². The summed E-state index contributed by atoms with van der Waals surface area (Å²) in [6.07, 6.45) is 5.71. The summed E-state index contributed by atoms with van der Waals surface area (Å²) in [6, 6.07) is 3.73. The van der Waals surface area contributed by atoms with Crippen molar-refractivity contribution in [2.75, 3.05) is 11.9 Å². The number of aryl methyl sites for hydroxylation is 1. The van der Waals surface area contributed by atoms with Gasteiger partial charge in [-0.25, -0.2) is 4.79 Å². The Morgan fingerprint density at radius 1 is 1.32 bits per heavy atom. The number of esters is 1. The van der Waals surface area contributed by atoms with Gasteiger partial charge >= 0.3 is 5.97 Å². The molecule has 2 heterocycles. The van der Waals surface area contributed by atoms with Crippen LogP contribution in [0.15, 0.2) is 30.7 Å². The van der Waals surface area contributed by atoms with E-state index in [1.54, 1.807) is 19.3 Å². The van der Waals surface area contributed by atoms with Crippen LogP contribution in [0.5, 0.6) is 0 Å². The summed E-state index contributed by atoms with van der Waals surface area (Å²) < 4.78 is 4.79. The normalized spacial score (nSPS) is 10.2. The number of pyridine rings is 1. The van der Waals surface area contributed by atoms with Gasteiger partial charge in [-0.2, -0.15) is 9.90 Å². The zero-order valence-corrected chi connectivity index (χ0v) is 12.2. The average Bonchev–Trinajstić information content (AvgIpc) is 2.93. The number of carbonyl (C=O) groups excluding carboxylic acids is 2. The number of nitrogens with zero attached hydrogens (tertiary/aromatic N) is 4. The molecular weight excluding hydrogens is 286 g/mol. The van der Waals surface area contributed by atoms with Crippen molar-refractivity contribution in [3.05, 3.63) is 36.3 Å². The Labute approximate surface area is 127 Å². The molecule has 2 rings (SSSR count). The standard InChI is InChI=1S/C14H17N5O3/c1-2-22-14(21)10-19-16-9-12(18-19)17-13(20)4-3-11-5-7-15-8-6-11/h5-9H,2-4,10H2,1H3,(H,17,18,20). The van der Waals surface area contributed by atoms with Gasteiger partial charge < -0.3 is 10.1 Å². The van der Waals surface area contributed by atoms with Crippen LogP contribution in [0.1, 0.15) is 18.9 Å². The van der Waals surface area contributed by atoms with Crippen LogP contribution < -0.4 is 5.32 Å². The number of hydrogen-bond donors (Lipinski definition) is 1. The molecule has 0 aromatic carbocycles. The largest absolute Gasteiger partial charge is 0.465 e. The fourth-order valence-corrected chi connectivity index (χ4v) is 1.77. The predicted octanol–water partition coefficient (Wildman–Crippen LogP) is 0.807. The number of nitrogens with one attached hydrogen (secondary N) is 1. The van der Waals surface area contributed by atoms with Gasteiger partial charge in [0.25, 0.3) is 0 Å². The number of hydrogen-bond acceptors (Lipinski definition) is 6. The van der Waals surface area contributed by atoms with Gasteiger partial charge in [-0.1, -0.05) is 0 Å². The van der Waals surface area contributed by atoms with Crippen molar-refractivity contribution in [2.45, 2.75) is 26.3 Å². The molecule has 0 aliphatic heterocycles. The summed E-state index contributed by atoms with van der Waals surface area (Å²) in [4.78, 5) is 28.2. The third-order valence-electron chi connectivity index (χ3n) is 2.77. The van der Waals surface area contributed by atoms with Crippen LogP contribution >= 0.6 is 0 Å². The summed E-state index contributed by atoms with van der Waals surface area (Å²) >= 11 is 0. The Bertz CT molecular complexity index is 626. The molecule has 8 heteroatoms. The summed E-state index contributed by atoms with van der Waals surface area (Å²) in [5.74, 6) is -0.280. The minimum Gasteiger partial charge on any atom is -0.465 e. The van der Waals surface area contributed by atoms with E-state index < -0.39 is 5.97 Å². The Kier molecular flexibility index (Phi) is 5.58. The van der Waals surface area contributed by atoms with Crippen LogP contribution in [-0.4, -0.2) is 38.5 Å². The summed E-state index contributed by atoms with van der Waals surface area (Å²) in [5.41, 5.74) is 1.04. The molecule has 2 aromatic heterocycles. The van der Waals surface area contributed by atoms with Gasteiger partial charge in [0.1, 0.15) is 0 Å². The molecule has 0 radical (unpaired) electrons. The lowest BCUT2D eigenvalue weighted by molar-refractivity contribution is -0.144. The van der Waals surface area contributed by atoms with E-state index in [9.17, 15) is 9.59 Å². The van der Waals surface area contributed by atoms with Crippen LogP contribution in [0.25, 0.3) is 0 Å². The van der Waals surface area contributed by atoms with Crippen molar-refractivity contribution in [3.8, 4) is 0 Å². The first-order valence-electron chi connectivity index (χ1n) is 6.92. The molecule has 0 aliphatic rings.